The van der Waals surface area contributed by atoms with Gasteiger partial charge in [-0.15, -0.1) is 0 Å². The maximum absolute atomic E-state index is 15.1. The number of amidine groups is 1. The molecule has 8 nitrogen and oxygen atoms in total. The number of ether oxygens (including phenoxy) is 1. The lowest BCUT2D eigenvalue weighted by molar-refractivity contribution is -0.118. The van der Waals surface area contributed by atoms with E-state index in [1.165, 1.54) is 18.3 Å². The number of Topliss-reactive ketones (excluding diaryl/α,β-unsaturated/α-hetero) is 2. The second kappa shape index (κ2) is 10.5. The summed E-state index contributed by atoms with van der Waals surface area (Å²) in [6.45, 7) is 8.23. The van der Waals surface area contributed by atoms with Crippen LogP contribution >= 0.6 is 0 Å². The van der Waals surface area contributed by atoms with Gasteiger partial charge in [-0.3, -0.25) is 9.59 Å². The van der Waals surface area contributed by atoms with Gasteiger partial charge in [0.25, 0.3) is 0 Å². The van der Waals surface area contributed by atoms with Crippen molar-refractivity contribution in [1.29, 1.82) is 0 Å². The Morgan fingerprint density at radius 3 is 2.52 bits per heavy atom. The Bertz CT molecular complexity index is 1650. The molecule has 1 aliphatic heterocycles. The maximum atomic E-state index is 15.1. The van der Waals surface area contributed by atoms with Crippen LogP contribution in [0.1, 0.15) is 48.8 Å². The van der Waals surface area contributed by atoms with Crippen LogP contribution in [0.4, 0.5) is 10.2 Å². The Kier molecular flexibility index (Phi) is 7.06. The Morgan fingerprint density at radius 2 is 1.82 bits per heavy atom. The molecule has 9 heteroatoms. The summed E-state index contributed by atoms with van der Waals surface area (Å²) in [4.78, 5) is 33.3. The van der Waals surface area contributed by atoms with Gasteiger partial charge in [0.15, 0.2) is 11.7 Å². The predicted molar refractivity (Wildman–Crippen MR) is 150 cm³/mol. The van der Waals surface area contributed by atoms with Crippen molar-refractivity contribution in [2.45, 2.75) is 52.4 Å². The molecular formula is C31H30FN5O3. The first-order valence-corrected chi connectivity index (χ1v) is 13.0. The molecule has 204 valence electrons. The number of aliphatic imine (C=N–C) groups is 1. The zero-order valence-electron chi connectivity index (χ0n) is 22.9. The largest absolute Gasteiger partial charge is 0.457 e. The molecule has 3 heterocycles. The zero-order chi connectivity index (χ0) is 28.6. The third kappa shape index (κ3) is 5.68. The molecule has 0 saturated carbocycles. The molecule has 0 atom stereocenters. The summed E-state index contributed by atoms with van der Waals surface area (Å²) in [5, 5.41) is 4.78. The molecule has 0 unspecified atom stereocenters. The average Bonchev–Trinajstić information content (AvgIpc) is 3.31. The molecule has 4 aromatic rings. The van der Waals surface area contributed by atoms with Crippen molar-refractivity contribution < 1.29 is 18.7 Å². The first-order valence-electron chi connectivity index (χ1n) is 13.0. The van der Waals surface area contributed by atoms with Crippen LogP contribution in [-0.4, -0.2) is 32.2 Å². The molecule has 0 amide bonds. The fourth-order valence-corrected chi connectivity index (χ4v) is 4.41. The highest BCUT2D eigenvalue weighted by molar-refractivity contribution is 6.40. The Balaban J connectivity index is 1.33. The van der Waals surface area contributed by atoms with Gasteiger partial charge in [-0.2, -0.15) is 5.10 Å². The minimum atomic E-state index is -0.561. The van der Waals surface area contributed by atoms with Gasteiger partial charge in [0.1, 0.15) is 23.1 Å². The quantitative estimate of drug-likeness (QED) is 0.342. The normalized spacial score (nSPS) is 13.1. The van der Waals surface area contributed by atoms with Gasteiger partial charge in [-0.25, -0.2) is 19.0 Å². The second-order valence-electron chi connectivity index (χ2n) is 11.0. The Labute approximate surface area is 231 Å². The van der Waals surface area contributed by atoms with E-state index in [-0.39, 0.29) is 53.4 Å². The van der Waals surface area contributed by atoms with Crippen molar-refractivity contribution in [1.82, 2.24) is 14.8 Å². The highest BCUT2D eigenvalue weighted by Crippen LogP contribution is 2.33. The lowest BCUT2D eigenvalue weighted by Crippen LogP contribution is -2.28. The molecule has 0 radical (unpaired) electrons. The molecule has 0 saturated heterocycles. The van der Waals surface area contributed by atoms with Gasteiger partial charge in [-0.1, -0.05) is 44.5 Å². The summed E-state index contributed by atoms with van der Waals surface area (Å²) in [6, 6.07) is 15.8. The number of rotatable bonds is 7. The third-order valence-electron chi connectivity index (χ3n) is 6.69. The van der Waals surface area contributed by atoms with E-state index in [2.05, 4.69) is 30.7 Å². The van der Waals surface area contributed by atoms with Crippen LogP contribution in [0.15, 0.2) is 65.8 Å². The number of nitrogens with two attached hydrogens (primary N) is 1. The highest BCUT2D eigenvalue weighted by Gasteiger charge is 2.24. The summed E-state index contributed by atoms with van der Waals surface area (Å²) in [5.41, 5.74) is 9.79. The van der Waals surface area contributed by atoms with Crippen molar-refractivity contribution in [2.75, 3.05) is 0 Å². The molecule has 2 aromatic carbocycles. The van der Waals surface area contributed by atoms with E-state index < -0.39 is 5.82 Å². The number of aromatic nitrogens is 3. The van der Waals surface area contributed by atoms with E-state index in [0.717, 1.165) is 22.6 Å². The topological polar surface area (TPSA) is 112 Å². The van der Waals surface area contributed by atoms with E-state index in [1.807, 2.05) is 37.3 Å². The number of benzene rings is 2. The van der Waals surface area contributed by atoms with Crippen LogP contribution in [0, 0.1) is 12.7 Å². The molecule has 0 spiro atoms. The SMILES string of the molecule is Cc1ccc(-n2nc(C(C)(C)C)cc2CC(=O)Cc2ccc(Oc3ccnc4c3CC(=O)C(N)=N4)cc2F)cc1. The number of hydrogen-bond acceptors (Lipinski definition) is 7. The summed E-state index contributed by atoms with van der Waals surface area (Å²) in [7, 11) is 0. The first kappa shape index (κ1) is 26.9. The van der Waals surface area contributed by atoms with Crippen molar-refractivity contribution in [2.24, 2.45) is 10.7 Å². The molecule has 2 aromatic heterocycles. The van der Waals surface area contributed by atoms with E-state index in [4.69, 9.17) is 15.6 Å². The highest BCUT2D eigenvalue weighted by atomic mass is 19.1. The average molecular weight is 540 g/mol. The molecular weight excluding hydrogens is 509 g/mol. The fourth-order valence-electron chi connectivity index (χ4n) is 4.41. The number of aryl methyl sites for hydroxylation is 1. The lowest BCUT2D eigenvalue weighted by Gasteiger charge is -2.16. The van der Waals surface area contributed by atoms with Gasteiger partial charge in [0, 0.05) is 42.5 Å². The lowest BCUT2D eigenvalue weighted by atomic mass is 9.92. The summed E-state index contributed by atoms with van der Waals surface area (Å²) < 4.78 is 22.8. The van der Waals surface area contributed by atoms with Gasteiger partial charge in [0.05, 0.1) is 17.1 Å². The Hall–Kier alpha value is -4.66. The molecule has 0 fully saturated rings. The third-order valence-corrected chi connectivity index (χ3v) is 6.69. The van der Waals surface area contributed by atoms with Crippen LogP contribution in [0.3, 0.4) is 0 Å². The monoisotopic (exact) mass is 539 g/mol. The van der Waals surface area contributed by atoms with E-state index in [1.54, 1.807) is 16.8 Å². The molecule has 2 N–H and O–H groups in total. The van der Waals surface area contributed by atoms with Crippen molar-refractivity contribution >= 4 is 23.2 Å². The van der Waals surface area contributed by atoms with Crippen molar-refractivity contribution in [3.05, 3.63) is 94.7 Å². The molecule has 0 aliphatic carbocycles. The number of halogens is 1. The van der Waals surface area contributed by atoms with Gasteiger partial charge in [-0.05, 0) is 42.8 Å². The molecule has 5 rings (SSSR count). The summed E-state index contributed by atoms with van der Waals surface area (Å²) in [6.07, 6.45) is 1.51. The van der Waals surface area contributed by atoms with Crippen molar-refractivity contribution in [3.63, 3.8) is 0 Å². The zero-order valence-corrected chi connectivity index (χ0v) is 22.9. The minimum absolute atomic E-state index is 0.000985. The number of pyridine rings is 1. The summed E-state index contributed by atoms with van der Waals surface area (Å²) in [5.74, 6) is -0.261. The molecule has 1 aliphatic rings. The van der Waals surface area contributed by atoms with Gasteiger partial charge in [0.2, 0.25) is 5.78 Å². The maximum Gasteiger partial charge on any atom is 0.202 e. The second-order valence-corrected chi connectivity index (χ2v) is 11.0. The van der Waals surface area contributed by atoms with Crippen LogP contribution in [0.25, 0.3) is 5.69 Å². The van der Waals surface area contributed by atoms with Gasteiger partial charge >= 0.3 is 0 Å². The number of ketones is 2. The van der Waals surface area contributed by atoms with Crippen molar-refractivity contribution in [3.8, 4) is 17.2 Å². The van der Waals surface area contributed by atoms with Gasteiger partial charge < -0.3 is 10.5 Å². The number of nitrogens with zero attached hydrogens (tertiary/aromatic N) is 4. The fraction of sp³-hybridized carbons (Fsp3) is 0.258. The van der Waals surface area contributed by atoms with E-state index in [0.29, 0.717) is 17.1 Å². The molecule has 40 heavy (non-hydrogen) atoms. The van der Waals surface area contributed by atoms with Crippen LogP contribution in [-0.2, 0) is 34.3 Å². The summed E-state index contributed by atoms with van der Waals surface area (Å²) >= 11 is 0. The Morgan fingerprint density at radius 1 is 1.07 bits per heavy atom. The number of hydrogen-bond donors (Lipinski definition) is 1. The van der Waals surface area contributed by atoms with Crippen LogP contribution in [0.2, 0.25) is 0 Å². The first-order chi connectivity index (χ1) is 19.0. The predicted octanol–water partition coefficient (Wildman–Crippen LogP) is 5.27. The van der Waals surface area contributed by atoms with E-state index in [9.17, 15) is 9.59 Å². The number of fused-ring (bicyclic) bond motifs is 1. The minimum Gasteiger partial charge on any atom is -0.457 e. The number of carbonyl (C=O) groups excluding carboxylic acids is 2. The smallest absolute Gasteiger partial charge is 0.202 e. The molecule has 0 bridgehead atoms. The van der Waals surface area contributed by atoms with E-state index >= 15 is 4.39 Å². The number of carbonyl (C=O) groups is 2. The standard InChI is InChI=1S/C31H30FN5O3/c1-18-5-8-20(9-6-18)37-21(15-28(36-37)31(2,3)4)14-22(38)13-19-7-10-23(16-25(19)32)40-27-11-12-34-30-24(27)17-26(39)29(33)35-30/h5-12,15-16H,13-14,17H2,1-4H3,(H2,33,34,35). The van der Waals surface area contributed by atoms with Crippen LogP contribution in [0.5, 0.6) is 11.5 Å². The van der Waals surface area contributed by atoms with Crippen LogP contribution < -0.4 is 10.5 Å².